The Labute approximate surface area is 549 Å². The maximum absolute atomic E-state index is 12.7. The molecule has 18 nitrogen and oxygen atoms in total. The zero-order valence-electron chi connectivity index (χ0n) is 55.5. The van der Waals surface area contributed by atoms with E-state index in [-0.39, 0.29) is 24.0 Å². The van der Waals surface area contributed by atoms with Gasteiger partial charge in [0, 0.05) is 96.2 Å². The van der Waals surface area contributed by atoms with Gasteiger partial charge in [-0.05, 0) is 175 Å². The highest BCUT2D eigenvalue weighted by Gasteiger charge is 2.34. The van der Waals surface area contributed by atoms with E-state index in [2.05, 4.69) is 97.1 Å². The number of benzene rings is 4. The molecule has 2 fully saturated rings. The number of amides is 2. The molecule has 0 spiro atoms. The fraction of sp³-hybridized carbons (Fsp3) is 0.368. The lowest BCUT2D eigenvalue weighted by atomic mass is 9.99. The van der Waals surface area contributed by atoms with E-state index in [9.17, 15) is 9.59 Å². The molecule has 4 aromatic carbocycles. The van der Waals surface area contributed by atoms with Crippen LogP contribution in [0.25, 0.3) is 67.1 Å². The number of aromatic nitrogens is 8. The van der Waals surface area contributed by atoms with E-state index in [0.717, 1.165) is 164 Å². The molecular formula is C76H82N10O8. The van der Waals surface area contributed by atoms with Gasteiger partial charge in [0.2, 0.25) is 0 Å². The van der Waals surface area contributed by atoms with Crippen molar-refractivity contribution in [2.45, 2.75) is 129 Å². The summed E-state index contributed by atoms with van der Waals surface area (Å²) in [5, 5.41) is 10.3. The van der Waals surface area contributed by atoms with Gasteiger partial charge in [-0.2, -0.15) is 10.2 Å². The summed E-state index contributed by atoms with van der Waals surface area (Å²) in [5.41, 5.74) is 19.1. The van der Waals surface area contributed by atoms with E-state index >= 15 is 0 Å². The van der Waals surface area contributed by atoms with Crippen molar-refractivity contribution in [3.8, 4) is 68.0 Å². The van der Waals surface area contributed by atoms with Crippen molar-refractivity contribution in [1.29, 1.82) is 0 Å². The van der Waals surface area contributed by atoms with Crippen LogP contribution in [0.2, 0.25) is 0 Å². The van der Waals surface area contributed by atoms with Gasteiger partial charge in [-0.25, -0.2) is 19.6 Å². The van der Waals surface area contributed by atoms with Gasteiger partial charge in [-0.1, -0.05) is 60.7 Å². The van der Waals surface area contributed by atoms with Gasteiger partial charge in [0.05, 0.1) is 52.6 Å². The van der Waals surface area contributed by atoms with Gasteiger partial charge >= 0.3 is 12.2 Å². The summed E-state index contributed by atoms with van der Waals surface area (Å²) in [6.45, 7) is 14.9. The topological polar surface area (TPSA) is 183 Å². The summed E-state index contributed by atoms with van der Waals surface area (Å²) in [7, 11) is 6.75. The smallest absolute Gasteiger partial charge is 0.410 e. The molecule has 4 aliphatic rings. The Balaban J connectivity index is 0.000000171. The Morgan fingerprint density at radius 1 is 0.489 bits per heavy atom. The maximum atomic E-state index is 12.7. The van der Waals surface area contributed by atoms with E-state index < -0.39 is 11.2 Å². The lowest BCUT2D eigenvalue weighted by molar-refractivity contribution is 0.0282. The van der Waals surface area contributed by atoms with Crippen LogP contribution < -0.4 is 18.9 Å². The van der Waals surface area contributed by atoms with Crippen LogP contribution in [0.4, 0.5) is 9.59 Å². The quantitative estimate of drug-likeness (QED) is 0.100. The third kappa shape index (κ3) is 13.2. The van der Waals surface area contributed by atoms with Gasteiger partial charge in [0.15, 0.2) is 0 Å². The van der Waals surface area contributed by atoms with Crippen LogP contribution in [0.5, 0.6) is 23.0 Å². The minimum atomic E-state index is -0.521. The van der Waals surface area contributed by atoms with Gasteiger partial charge in [-0.3, -0.25) is 19.3 Å². The third-order valence-electron chi connectivity index (χ3n) is 18.2. The minimum Gasteiger partial charge on any atom is -0.497 e. The molecule has 2 atom stereocenters. The van der Waals surface area contributed by atoms with Crippen molar-refractivity contribution in [2.24, 2.45) is 0 Å². The number of likely N-dealkylation sites (tertiary alicyclic amines) is 2. The fourth-order valence-corrected chi connectivity index (χ4v) is 13.5. The number of pyridine rings is 4. The normalized spacial score (nSPS) is 16.0. The van der Waals surface area contributed by atoms with Crippen molar-refractivity contribution < 1.29 is 38.0 Å². The van der Waals surface area contributed by atoms with Crippen LogP contribution in [0.1, 0.15) is 124 Å². The molecule has 2 amide bonds. The number of hydrogen-bond acceptors (Lipinski definition) is 14. The fourth-order valence-electron chi connectivity index (χ4n) is 13.5. The highest BCUT2D eigenvalue weighted by atomic mass is 16.6. The lowest BCUT2D eigenvalue weighted by Gasteiger charge is -2.24. The number of fused-ring (bicyclic) bond motifs is 4. The second-order valence-corrected chi connectivity index (χ2v) is 26.9. The summed E-state index contributed by atoms with van der Waals surface area (Å²) in [6.07, 6.45) is 11.5. The van der Waals surface area contributed by atoms with Gasteiger partial charge in [-0.15, -0.1) is 0 Å². The molecule has 2 aliphatic carbocycles. The molecule has 484 valence electrons. The average molecular weight is 1260 g/mol. The molecule has 18 heteroatoms. The Morgan fingerprint density at radius 2 is 0.904 bits per heavy atom. The molecule has 0 N–H and O–H groups in total. The lowest BCUT2D eigenvalue weighted by Crippen LogP contribution is -2.35. The molecule has 0 bridgehead atoms. The van der Waals surface area contributed by atoms with E-state index in [4.69, 9.17) is 58.6 Å². The second-order valence-electron chi connectivity index (χ2n) is 26.9. The molecule has 0 radical (unpaired) electrons. The van der Waals surface area contributed by atoms with Crippen LogP contribution in [0, 0.1) is 0 Å². The van der Waals surface area contributed by atoms with E-state index in [0.29, 0.717) is 39.3 Å². The van der Waals surface area contributed by atoms with E-state index in [1.54, 1.807) is 38.2 Å². The molecule has 2 saturated heterocycles. The number of nitrogens with zero attached hydrogens (tertiary/aromatic N) is 10. The number of carbonyl (C=O) groups is 2. The standard InChI is InChI=1S/2C38H41N5O4/c2*1-38(2,3)47-37(44)42-19-18-27(23-42)31-17-14-26(21-39-31)34-36-32(43(41-34)22-24-12-15-28(45-4)16-13-24)20-33(46-5)35(40-36)30-11-7-9-25-8-6-10-29(25)30/h2*7,9,11-17,20-21,27H,6,8,10,18-19,22-23H2,1-5H3. The van der Waals surface area contributed by atoms with Crippen LogP contribution in [-0.2, 0) is 48.2 Å². The summed E-state index contributed by atoms with van der Waals surface area (Å²) >= 11 is 0. The Kier molecular flexibility index (Phi) is 17.6. The van der Waals surface area contributed by atoms with Crippen molar-refractivity contribution in [3.63, 3.8) is 0 Å². The van der Waals surface area contributed by atoms with Crippen LogP contribution in [0.3, 0.4) is 0 Å². The Hall–Kier alpha value is -9.84. The molecule has 8 heterocycles. The van der Waals surface area contributed by atoms with Gasteiger partial charge in [0.1, 0.15) is 68.0 Å². The molecule has 0 saturated carbocycles. The number of hydrogen-bond donors (Lipinski definition) is 0. The molecule has 2 aliphatic heterocycles. The highest BCUT2D eigenvalue weighted by Crippen LogP contribution is 2.43. The number of methoxy groups -OCH3 is 4. The van der Waals surface area contributed by atoms with Crippen LogP contribution >= 0.6 is 0 Å². The first-order valence-electron chi connectivity index (χ1n) is 32.7. The first-order valence-corrected chi connectivity index (χ1v) is 32.7. The molecule has 6 aromatic heterocycles. The zero-order valence-corrected chi connectivity index (χ0v) is 55.5. The monoisotopic (exact) mass is 1260 g/mol. The van der Waals surface area contributed by atoms with Crippen molar-refractivity contribution >= 4 is 34.3 Å². The predicted molar refractivity (Wildman–Crippen MR) is 364 cm³/mol. The Morgan fingerprint density at radius 3 is 1.27 bits per heavy atom. The number of ether oxygens (including phenoxy) is 6. The van der Waals surface area contributed by atoms with Gasteiger partial charge < -0.3 is 38.2 Å². The molecule has 14 rings (SSSR count). The minimum absolute atomic E-state index is 0.148. The number of aryl methyl sites for hydroxylation is 2. The van der Waals surface area contributed by atoms with Crippen molar-refractivity contribution in [2.75, 3.05) is 54.6 Å². The van der Waals surface area contributed by atoms with E-state index in [1.165, 1.54) is 22.3 Å². The largest absolute Gasteiger partial charge is 0.497 e. The molecule has 10 aromatic rings. The van der Waals surface area contributed by atoms with Crippen molar-refractivity contribution in [1.82, 2.24) is 49.3 Å². The van der Waals surface area contributed by atoms with Crippen molar-refractivity contribution in [3.05, 3.63) is 178 Å². The SMILES string of the molecule is COc1ccc(Cn2nc(-c3ccc(C4CCN(C(=O)OC(C)(C)C)C4)nc3)c3nc(-c4cccc5c4CCC5)c(OC)cc32)cc1.COc1ccc(Cn2nc(-c3ccc(C4CCN(C(=O)OC(C)(C)C)C4)nc3)c3nc(-c4cccc5c4CCC5)c(OC)cc32)cc1. The summed E-state index contributed by atoms with van der Waals surface area (Å²) in [5.74, 6) is 3.37. The highest BCUT2D eigenvalue weighted by molar-refractivity contribution is 5.95. The summed E-state index contributed by atoms with van der Waals surface area (Å²) in [6, 6.07) is 41.4. The van der Waals surface area contributed by atoms with Crippen LogP contribution in [-0.4, -0.2) is 127 Å². The predicted octanol–water partition coefficient (Wildman–Crippen LogP) is 14.9. The Bertz CT molecular complexity index is 4130. The second kappa shape index (κ2) is 26.3. The molecule has 94 heavy (non-hydrogen) atoms. The first kappa shape index (κ1) is 62.9. The number of rotatable bonds is 14. The molecule has 2 unspecified atom stereocenters. The summed E-state index contributed by atoms with van der Waals surface area (Å²) in [4.78, 5) is 49.3. The zero-order chi connectivity index (χ0) is 65.4. The van der Waals surface area contributed by atoms with Gasteiger partial charge in [0.25, 0.3) is 0 Å². The summed E-state index contributed by atoms with van der Waals surface area (Å²) < 4.78 is 37.9. The maximum Gasteiger partial charge on any atom is 0.410 e. The number of carbonyl (C=O) groups excluding carboxylic acids is 2. The third-order valence-corrected chi connectivity index (χ3v) is 18.2. The molecular weight excluding hydrogens is 1180 g/mol. The first-order chi connectivity index (χ1) is 45.4. The average Bonchev–Trinajstić information content (AvgIpc) is 1.52. The van der Waals surface area contributed by atoms with E-state index in [1.807, 2.05) is 87.6 Å². The van der Waals surface area contributed by atoms with Crippen LogP contribution in [0.15, 0.2) is 134 Å².